The Bertz CT molecular complexity index is 873. The zero-order chi connectivity index (χ0) is 26.0. The normalized spacial score (nSPS) is 11.0. The molecule has 1 aromatic heterocycles. The fraction of sp³-hybridized carbons (Fsp3) is 0.538. The molecule has 2 rings (SSSR count). The third kappa shape index (κ3) is 12.3. The molecule has 0 aliphatic heterocycles. The van der Waals surface area contributed by atoms with Gasteiger partial charge in [0.25, 0.3) is 0 Å². The van der Waals surface area contributed by atoms with E-state index in [2.05, 4.69) is 46.4 Å². The molecule has 0 unspecified atom stereocenters. The summed E-state index contributed by atoms with van der Waals surface area (Å²) < 4.78 is 5.50. The molecule has 0 aliphatic carbocycles. The average molecular weight is 537 g/mol. The summed E-state index contributed by atoms with van der Waals surface area (Å²) in [5.74, 6) is 1.66. The number of amides is 1. The standard InChI is InChI=1S/C26H40N4O4S2/c1-5-29(2)19-11-20-30(3)26(31)33-23-16-14-22(15-17-23)12-8-6-7-9-21-35-36-25-24(28-34-32-4)13-10-18-27-25/h10,13-18,28H,5-9,11-12,19-21H2,1-4H3. The van der Waals surface area contributed by atoms with E-state index < -0.39 is 0 Å². The number of aromatic nitrogens is 1. The number of nitrogens with zero attached hydrogens (tertiary/aromatic N) is 3. The molecule has 36 heavy (non-hydrogen) atoms. The number of pyridine rings is 1. The Kier molecular flexibility index (Phi) is 15.4. The van der Waals surface area contributed by atoms with Crippen LogP contribution in [-0.2, 0) is 16.3 Å². The Morgan fingerprint density at radius 2 is 1.81 bits per heavy atom. The minimum Gasteiger partial charge on any atom is -0.410 e. The highest BCUT2D eigenvalue weighted by Gasteiger charge is 2.11. The summed E-state index contributed by atoms with van der Waals surface area (Å²) in [7, 11) is 8.75. The van der Waals surface area contributed by atoms with Crippen LogP contribution in [-0.4, -0.2) is 67.5 Å². The zero-order valence-corrected chi connectivity index (χ0v) is 23.5. The van der Waals surface area contributed by atoms with Gasteiger partial charge in [-0.15, -0.1) is 4.99 Å². The number of unbranched alkanes of at least 4 members (excludes halogenated alkanes) is 3. The smallest absolute Gasteiger partial charge is 0.410 e. The van der Waals surface area contributed by atoms with Crippen LogP contribution >= 0.6 is 21.6 Å². The molecule has 0 saturated carbocycles. The highest BCUT2D eigenvalue weighted by molar-refractivity contribution is 8.76. The molecule has 1 aromatic carbocycles. The number of aryl methyl sites for hydroxylation is 1. The van der Waals surface area contributed by atoms with Crippen molar-refractivity contribution in [3.05, 3.63) is 48.2 Å². The monoisotopic (exact) mass is 536 g/mol. The number of anilines is 1. The number of ether oxygens (including phenoxy) is 1. The van der Waals surface area contributed by atoms with Crippen LogP contribution in [0.5, 0.6) is 5.75 Å². The quantitative estimate of drug-likeness (QED) is 0.102. The van der Waals surface area contributed by atoms with Crippen molar-refractivity contribution in [1.82, 2.24) is 14.8 Å². The molecule has 0 saturated heterocycles. The summed E-state index contributed by atoms with van der Waals surface area (Å²) >= 11 is 0. The SMILES string of the molecule is CCN(C)CCCN(C)C(=O)Oc1ccc(CCCCCCSSc2ncccc2NOOC)cc1. The predicted molar refractivity (Wildman–Crippen MR) is 149 cm³/mol. The lowest BCUT2D eigenvalue weighted by atomic mass is 10.1. The Morgan fingerprint density at radius 1 is 1.03 bits per heavy atom. The largest absolute Gasteiger partial charge is 0.414 e. The van der Waals surface area contributed by atoms with Crippen LogP contribution in [0.1, 0.15) is 44.6 Å². The Balaban J connectivity index is 1.56. The van der Waals surface area contributed by atoms with Gasteiger partial charge < -0.3 is 14.5 Å². The lowest BCUT2D eigenvalue weighted by Crippen LogP contribution is -2.32. The van der Waals surface area contributed by atoms with Gasteiger partial charge in [0, 0.05) is 25.5 Å². The molecule has 1 N–H and O–H groups in total. The van der Waals surface area contributed by atoms with Crippen molar-refractivity contribution in [1.29, 1.82) is 0 Å². The summed E-state index contributed by atoms with van der Waals surface area (Å²) in [6.45, 7) is 4.79. The van der Waals surface area contributed by atoms with Crippen LogP contribution in [0, 0.1) is 0 Å². The van der Waals surface area contributed by atoms with Gasteiger partial charge in [-0.2, -0.15) is 0 Å². The van der Waals surface area contributed by atoms with E-state index >= 15 is 0 Å². The fourth-order valence-electron chi connectivity index (χ4n) is 3.29. The average Bonchev–Trinajstić information content (AvgIpc) is 2.90. The lowest BCUT2D eigenvalue weighted by molar-refractivity contribution is -0.248. The highest BCUT2D eigenvalue weighted by Crippen LogP contribution is 2.35. The van der Waals surface area contributed by atoms with Crippen LogP contribution in [0.2, 0.25) is 0 Å². The van der Waals surface area contributed by atoms with E-state index in [1.165, 1.54) is 31.9 Å². The lowest BCUT2D eigenvalue weighted by Gasteiger charge is -2.19. The van der Waals surface area contributed by atoms with E-state index in [-0.39, 0.29) is 6.09 Å². The van der Waals surface area contributed by atoms with Crippen LogP contribution in [0.15, 0.2) is 47.6 Å². The molecule has 2 aromatic rings. The molecule has 0 aliphatic rings. The molecule has 0 fully saturated rings. The van der Waals surface area contributed by atoms with Gasteiger partial charge in [0.05, 0.1) is 12.8 Å². The molecule has 1 amide bonds. The van der Waals surface area contributed by atoms with Crippen LogP contribution < -0.4 is 10.2 Å². The van der Waals surface area contributed by atoms with Crippen LogP contribution in [0.25, 0.3) is 0 Å². The maximum absolute atomic E-state index is 12.3. The highest BCUT2D eigenvalue weighted by atomic mass is 33.1. The molecule has 8 nitrogen and oxygen atoms in total. The summed E-state index contributed by atoms with van der Waals surface area (Å²) in [4.78, 5) is 29.9. The minimum absolute atomic E-state index is 0.309. The number of hydrogen-bond donors (Lipinski definition) is 1. The van der Waals surface area contributed by atoms with Crippen LogP contribution in [0.4, 0.5) is 10.5 Å². The topological polar surface area (TPSA) is 76.2 Å². The summed E-state index contributed by atoms with van der Waals surface area (Å²) in [5, 5.41) is 0.875. The van der Waals surface area contributed by atoms with Crippen molar-refractivity contribution in [2.45, 2.75) is 50.5 Å². The van der Waals surface area contributed by atoms with Crippen molar-refractivity contribution >= 4 is 33.4 Å². The summed E-state index contributed by atoms with van der Waals surface area (Å²) in [5.41, 5.74) is 4.79. The third-order valence-electron chi connectivity index (χ3n) is 5.60. The van der Waals surface area contributed by atoms with Crippen molar-refractivity contribution in [3.63, 3.8) is 0 Å². The van der Waals surface area contributed by atoms with E-state index in [4.69, 9.17) is 9.73 Å². The second kappa shape index (κ2) is 18.3. The Hall–Kier alpha value is -1.98. The van der Waals surface area contributed by atoms with E-state index in [1.54, 1.807) is 39.7 Å². The van der Waals surface area contributed by atoms with Gasteiger partial charge in [-0.1, -0.05) is 42.7 Å². The molecule has 200 valence electrons. The molecule has 1 heterocycles. The number of carbonyl (C=O) groups is 1. The molecule has 0 bridgehead atoms. The first-order chi connectivity index (χ1) is 17.5. The minimum atomic E-state index is -0.309. The summed E-state index contributed by atoms with van der Waals surface area (Å²) in [6.07, 6.45) is 8.12. The molecule has 0 radical (unpaired) electrons. The molecular weight excluding hydrogens is 496 g/mol. The number of hydrogen-bond acceptors (Lipinski definition) is 9. The van der Waals surface area contributed by atoms with Crippen molar-refractivity contribution in [3.8, 4) is 5.75 Å². The van der Waals surface area contributed by atoms with E-state index in [1.807, 2.05) is 24.3 Å². The first-order valence-electron chi connectivity index (χ1n) is 12.4. The van der Waals surface area contributed by atoms with E-state index in [9.17, 15) is 4.79 Å². The number of rotatable bonds is 18. The number of carbonyl (C=O) groups excluding carboxylic acids is 1. The van der Waals surface area contributed by atoms with E-state index in [0.29, 0.717) is 12.3 Å². The molecule has 0 atom stereocenters. The second-order valence-electron chi connectivity index (χ2n) is 8.46. The molecular formula is C26H40N4O4S2. The van der Waals surface area contributed by atoms with Gasteiger partial charge in [0.2, 0.25) is 0 Å². The van der Waals surface area contributed by atoms with Gasteiger partial charge in [-0.05, 0) is 86.4 Å². The molecule has 10 heteroatoms. The van der Waals surface area contributed by atoms with Crippen molar-refractivity contribution in [2.75, 3.05) is 52.1 Å². The first kappa shape index (κ1) is 30.2. The van der Waals surface area contributed by atoms with Gasteiger partial charge in [0.15, 0.2) is 0 Å². The Labute approximate surface area is 223 Å². The predicted octanol–water partition coefficient (Wildman–Crippen LogP) is 6.30. The van der Waals surface area contributed by atoms with Gasteiger partial charge >= 0.3 is 6.09 Å². The first-order valence-corrected chi connectivity index (χ1v) is 14.8. The second-order valence-corrected chi connectivity index (χ2v) is 10.9. The zero-order valence-electron chi connectivity index (χ0n) is 21.9. The van der Waals surface area contributed by atoms with Gasteiger partial charge in [-0.25, -0.2) is 20.1 Å². The van der Waals surface area contributed by atoms with Gasteiger partial charge in [0.1, 0.15) is 10.8 Å². The van der Waals surface area contributed by atoms with Crippen molar-refractivity contribution in [2.24, 2.45) is 0 Å². The Morgan fingerprint density at radius 3 is 2.56 bits per heavy atom. The summed E-state index contributed by atoms with van der Waals surface area (Å²) in [6, 6.07) is 11.6. The van der Waals surface area contributed by atoms with Crippen molar-refractivity contribution < 1.29 is 19.4 Å². The van der Waals surface area contributed by atoms with E-state index in [0.717, 1.165) is 48.8 Å². The number of benzene rings is 1. The molecule has 0 spiro atoms. The third-order valence-corrected chi connectivity index (χ3v) is 7.98. The van der Waals surface area contributed by atoms with Gasteiger partial charge in [-0.3, -0.25) is 0 Å². The fourth-order valence-corrected chi connectivity index (χ4v) is 5.45. The number of nitrogens with one attached hydrogen (secondary N) is 1. The van der Waals surface area contributed by atoms with Crippen LogP contribution in [0.3, 0.4) is 0 Å². The maximum Gasteiger partial charge on any atom is 0.414 e. The maximum atomic E-state index is 12.3.